The summed E-state index contributed by atoms with van der Waals surface area (Å²) in [5.41, 5.74) is 1.41. The van der Waals surface area contributed by atoms with Gasteiger partial charge in [0.05, 0.1) is 13.2 Å². The second-order valence-electron chi connectivity index (χ2n) is 7.55. The number of rotatable bonds is 7. The molecule has 3 aliphatic rings. The maximum Gasteiger partial charge on any atom is 0.240 e. The minimum atomic E-state index is 0.616. The van der Waals surface area contributed by atoms with Gasteiger partial charge in [-0.3, -0.25) is 9.80 Å². The Morgan fingerprint density at radius 1 is 1.12 bits per heavy atom. The fraction of sp³-hybridized carbons (Fsp3) is 0.600. The van der Waals surface area contributed by atoms with E-state index in [1.165, 1.54) is 24.9 Å². The summed E-state index contributed by atoms with van der Waals surface area (Å²) in [6.07, 6.45) is 3.32. The molecule has 5 rings (SSSR count). The molecule has 3 saturated heterocycles. The first kappa shape index (κ1) is 17.6. The van der Waals surface area contributed by atoms with E-state index in [-0.39, 0.29) is 0 Å². The van der Waals surface area contributed by atoms with Crippen LogP contribution >= 0.6 is 0 Å². The monoisotopic (exact) mass is 356 g/mol. The Bertz CT molecular complexity index is 690. The predicted octanol–water partition coefficient (Wildman–Crippen LogP) is 2.35. The third kappa shape index (κ3) is 4.31. The Hall–Kier alpha value is -1.76. The average molecular weight is 356 g/mol. The zero-order chi connectivity index (χ0) is 17.8. The van der Waals surface area contributed by atoms with Crippen LogP contribution in [0.5, 0.6) is 0 Å². The summed E-state index contributed by atoms with van der Waals surface area (Å²) < 4.78 is 10.5. The van der Waals surface area contributed by atoms with Gasteiger partial charge >= 0.3 is 0 Å². The Morgan fingerprint density at radius 2 is 2.00 bits per heavy atom. The first-order valence-electron chi connectivity index (χ1n) is 9.61. The lowest BCUT2D eigenvalue weighted by Gasteiger charge is -2.36. The molecule has 0 radical (unpaired) electrons. The zero-order valence-electron chi connectivity index (χ0n) is 15.5. The minimum Gasteiger partial charge on any atom is -0.384 e. The first-order valence-corrected chi connectivity index (χ1v) is 9.61. The molecule has 6 heteroatoms. The van der Waals surface area contributed by atoms with Crippen molar-refractivity contribution in [2.24, 2.45) is 5.92 Å². The van der Waals surface area contributed by atoms with Crippen LogP contribution < -0.4 is 0 Å². The fourth-order valence-electron chi connectivity index (χ4n) is 4.26. The van der Waals surface area contributed by atoms with Crippen LogP contribution in [0.25, 0.3) is 0 Å². The molecule has 1 aromatic carbocycles. The van der Waals surface area contributed by atoms with E-state index in [1.807, 2.05) is 0 Å². The highest BCUT2D eigenvalue weighted by Gasteiger charge is 2.35. The van der Waals surface area contributed by atoms with Crippen molar-refractivity contribution in [1.29, 1.82) is 0 Å². The van der Waals surface area contributed by atoms with Gasteiger partial charge in [-0.25, -0.2) is 0 Å². The summed E-state index contributed by atoms with van der Waals surface area (Å²) in [4.78, 5) is 9.69. The molecule has 3 aliphatic heterocycles. The van der Waals surface area contributed by atoms with Gasteiger partial charge in [-0.2, -0.15) is 4.98 Å². The van der Waals surface area contributed by atoms with Gasteiger partial charge in [0.15, 0.2) is 5.82 Å². The third-order valence-corrected chi connectivity index (χ3v) is 5.53. The van der Waals surface area contributed by atoms with Gasteiger partial charge in [0.1, 0.15) is 0 Å². The quantitative estimate of drug-likeness (QED) is 0.759. The van der Waals surface area contributed by atoms with E-state index in [9.17, 15) is 0 Å². The van der Waals surface area contributed by atoms with Crippen LogP contribution in [-0.2, 0) is 24.2 Å². The van der Waals surface area contributed by atoms with Crippen LogP contribution in [-0.4, -0.2) is 59.3 Å². The summed E-state index contributed by atoms with van der Waals surface area (Å²) >= 11 is 0. The molecule has 6 nitrogen and oxygen atoms in total. The number of hydrogen-bond donors (Lipinski definition) is 0. The van der Waals surface area contributed by atoms with E-state index in [1.54, 1.807) is 7.11 Å². The maximum atomic E-state index is 5.45. The molecule has 0 N–H and O–H groups in total. The molecule has 3 fully saturated rings. The lowest BCUT2D eigenvalue weighted by atomic mass is 9.94. The highest BCUT2D eigenvalue weighted by molar-refractivity contribution is 5.15. The number of aromatic nitrogens is 2. The standard InChI is InChI=1S/C20H28N4O2/c1-25-10-9-19-21-20(26-22-19)15-23-11-17-7-8-18(14-23)24(13-17)12-16-5-3-2-4-6-16/h2-6,17-18H,7-15H2,1H3/t17-,18+/m0/s1. The summed E-state index contributed by atoms with van der Waals surface area (Å²) in [6, 6.07) is 11.4. The summed E-state index contributed by atoms with van der Waals surface area (Å²) in [5.74, 6) is 2.20. The Kier molecular flexibility index (Phi) is 5.62. The molecule has 2 aromatic rings. The van der Waals surface area contributed by atoms with Crippen LogP contribution in [0.15, 0.2) is 34.9 Å². The molecular weight excluding hydrogens is 328 g/mol. The highest BCUT2D eigenvalue weighted by Crippen LogP contribution is 2.29. The topological polar surface area (TPSA) is 54.6 Å². The molecule has 2 bridgehead atoms. The minimum absolute atomic E-state index is 0.616. The third-order valence-electron chi connectivity index (χ3n) is 5.53. The van der Waals surface area contributed by atoms with Gasteiger partial charge in [-0.1, -0.05) is 35.5 Å². The molecular formula is C20H28N4O2. The Balaban J connectivity index is 1.37. The van der Waals surface area contributed by atoms with Crippen LogP contribution in [0.3, 0.4) is 0 Å². The SMILES string of the molecule is COCCc1noc(CN2C[C@@H]3CC[C@H](C2)N(Cc2ccccc2)C3)n1. The molecule has 0 aliphatic carbocycles. The second-order valence-corrected chi connectivity index (χ2v) is 7.55. The van der Waals surface area contributed by atoms with Gasteiger partial charge in [0, 0.05) is 45.8 Å². The van der Waals surface area contributed by atoms with Crippen molar-refractivity contribution in [3.8, 4) is 0 Å². The summed E-state index contributed by atoms with van der Waals surface area (Å²) in [7, 11) is 1.69. The van der Waals surface area contributed by atoms with Crippen molar-refractivity contribution in [3.05, 3.63) is 47.6 Å². The van der Waals surface area contributed by atoms with Crippen molar-refractivity contribution in [1.82, 2.24) is 19.9 Å². The molecule has 1 aromatic heterocycles. The number of nitrogens with zero attached hydrogens (tertiary/aromatic N) is 4. The van der Waals surface area contributed by atoms with Gasteiger partial charge in [0.25, 0.3) is 0 Å². The largest absolute Gasteiger partial charge is 0.384 e. The highest BCUT2D eigenvalue weighted by atomic mass is 16.5. The van der Waals surface area contributed by atoms with E-state index < -0.39 is 0 Å². The number of piperidine rings is 1. The van der Waals surface area contributed by atoms with Crippen molar-refractivity contribution in [2.75, 3.05) is 33.4 Å². The normalized spacial score (nSPS) is 24.0. The number of methoxy groups -OCH3 is 1. The van der Waals surface area contributed by atoms with Crippen LogP contribution in [0.4, 0.5) is 0 Å². The molecule has 0 spiro atoms. The van der Waals surface area contributed by atoms with Gasteiger partial charge in [-0.15, -0.1) is 0 Å². The zero-order valence-corrected chi connectivity index (χ0v) is 15.5. The summed E-state index contributed by atoms with van der Waals surface area (Å²) in [6.45, 7) is 5.83. The lowest BCUT2D eigenvalue weighted by molar-refractivity contribution is 0.122. The molecule has 2 atom stereocenters. The van der Waals surface area contributed by atoms with E-state index >= 15 is 0 Å². The smallest absolute Gasteiger partial charge is 0.240 e. The molecule has 4 heterocycles. The van der Waals surface area contributed by atoms with E-state index in [0.29, 0.717) is 19.1 Å². The second kappa shape index (κ2) is 8.29. The van der Waals surface area contributed by atoms with Gasteiger partial charge in [0.2, 0.25) is 5.89 Å². The Morgan fingerprint density at radius 3 is 2.85 bits per heavy atom. The van der Waals surface area contributed by atoms with Crippen molar-refractivity contribution in [3.63, 3.8) is 0 Å². The molecule has 140 valence electrons. The van der Waals surface area contributed by atoms with Crippen molar-refractivity contribution >= 4 is 0 Å². The number of benzene rings is 1. The summed E-state index contributed by atoms with van der Waals surface area (Å²) in [5, 5.41) is 4.06. The van der Waals surface area contributed by atoms with Crippen LogP contribution in [0.2, 0.25) is 0 Å². The molecule has 26 heavy (non-hydrogen) atoms. The van der Waals surface area contributed by atoms with Crippen molar-refractivity contribution in [2.45, 2.75) is 38.4 Å². The van der Waals surface area contributed by atoms with E-state index in [0.717, 1.165) is 43.8 Å². The molecule has 0 unspecified atom stereocenters. The lowest BCUT2D eigenvalue weighted by Crippen LogP contribution is -2.43. The van der Waals surface area contributed by atoms with E-state index in [4.69, 9.17) is 9.26 Å². The van der Waals surface area contributed by atoms with Gasteiger partial charge in [-0.05, 0) is 24.3 Å². The number of ether oxygens (including phenoxy) is 1. The van der Waals surface area contributed by atoms with E-state index in [2.05, 4.69) is 50.3 Å². The van der Waals surface area contributed by atoms with Crippen LogP contribution in [0.1, 0.15) is 30.1 Å². The molecule has 0 amide bonds. The van der Waals surface area contributed by atoms with Crippen LogP contribution in [0, 0.1) is 5.92 Å². The Labute approximate surface area is 155 Å². The predicted molar refractivity (Wildman–Crippen MR) is 98.5 cm³/mol. The maximum absolute atomic E-state index is 5.45. The first-order chi connectivity index (χ1) is 12.8. The van der Waals surface area contributed by atoms with Crippen molar-refractivity contribution < 1.29 is 9.26 Å². The molecule has 0 saturated carbocycles. The van der Waals surface area contributed by atoms with Gasteiger partial charge < -0.3 is 9.26 Å². The fourth-order valence-corrected chi connectivity index (χ4v) is 4.26. The average Bonchev–Trinajstić information content (AvgIpc) is 2.92. The number of fused-ring (bicyclic) bond motifs is 4. The number of hydrogen-bond acceptors (Lipinski definition) is 6.